The van der Waals surface area contributed by atoms with Gasteiger partial charge in [-0.15, -0.1) is 0 Å². The molecule has 2 aliphatic rings. The normalized spacial score (nSPS) is 17.9. The van der Waals surface area contributed by atoms with Crippen molar-refractivity contribution in [2.75, 3.05) is 19.6 Å². The lowest BCUT2D eigenvalue weighted by Crippen LogP contribution is -2.39. The van der Waals surface area contributed by atoms with Crippen LogP contribution in [-0.2, 0) is 28.9 Å². The molecule has 3 heterocycles. The van der Waals surface area contributed by atoms with Crippen molar-refractivity contribution < 1.29 is 13.2 Å². The van der Waals surface area contributed by atoms with Crippen molar-refractivity contribution in [3.8, 4) is 0 Å². The fourth-order valence-electron chi connectivity index (χ4n) is 3.55. The molecule has 0 bridgehead atoms. The van der Waals surface area contributed by atoms with Crippen LogP contribution < -0.4 is 0 Å². The van der Waals surface area contributed by atoms with Crippen molar-refractivity contribution >= 4 is 27.5 Å². The number of carbonyl (C=O) groups excluding carboxylic acids is 1. The zero-order valence-corrected chi connectivity index (χ0v) is 16.4. The van der Waals surface area contributed by atoms with E-state index in [1.165, 1.54) is 4.31 Å². The number of fused-ring (bicyclic) bond motifs is 1. The molecule has 2 aromatic rings. The van der Waals surface area contributed by atoms with E-state index in [1.807, 2.05) is 4.90 Å². The van der Waals surface area contributed by atoms with Gasteiger partial charge in [-0.2, -0.15) is 9.40 Å². The summed E-state index contributed by atoms with van der Waals surface area (Å²) in [5, 5.41) is 4.97. The number of aromatic nitrogens is 2. The molecule has 1 saturated heterocycles. The van der Waals surface area contributed by atoms with E-state index < -0.39 is 10.0 Å². The Morgan fingerprint density at radius 3 is 2.48 bits per heavy atom. The number of sulfonamides is 1. The Kier molecular flexibility index (Phi) is 4.96. The summed E-state index contributed by atoms with van der Waals surface area (Å²) >= 11 is 5.86. The molecule has 0 saturated carbocycles. The average molecular weight is 409 g/mol. The first kappa shape index (κ1) is 18.5. The molecule has 0 aliphatic carbocycles. The monoisotopic (exact) mass is 408 g/mol. The van der Waals surface area contributed by atoms with Gasteiger partial charge in [0.05, 0.1) is 24.5 Å². The molecule has 0 radical (unpaired) electrons. The molecular formula is C18H21ClN4O3S. The van der Waals surface area contributed by atoms with Gasteiger partial charge in [-0.25, -0.2) is 8.42 Å². The summed E-state index contributed by atoms with van der Waals surface area (Å²) in [5.74, 6) is -0.136. The van der Waals surface area contributed by atoms with Crippen LogP contribution in [0, 0.1) is 0 Å². The maximum absolute atomic E-state index is 12.8. The second-order valence-corrected chi connectivity index (χ2v) is 9.36. The van der Waals surface area contributed by atoms with Gasteiger partial charge in [0.15, 0.2) is 5.69 Å². The van der Waals surface area contributed by atoms with E-state index in [9.17, 15) is 13.2 Å². The van der Waals surface area contributed by atoms with Gasteiger partial charge < -0.3 is 4.90 Å². The van der Waals surface area contributed by atoms with Crippen LogP contribution in [0.15, 0.2) is 30.3 Å². The molecule has 1 fully saturated rings. The molecular weight excluding hydrogens is 388 g/mol. The summed E-state index contributed by atoms with van der Waals surface area (Å²) in [5.41, 5.74) is 1.86. The van der Waals surface area contributed by atoms with Crippen molar-refractivity contribution in [3.05, 3.63) is 52.3 Å². The van der Waals surface area contributed by atoms with Gasteiger partial charge >= 0.3 is 0 Å². The maximum Gasteiger partial charge on any atom is 0.274 e. The minimum absolute atomic E-state index is 0.0648. The Bertz CT molecular complexity index is 949. The lowest BCUT2D eigenvalue weighted by Gasteiger charge is -2.26. The third-order valence-corrected chi connectivity index (χ3v) is 7.08. The summed E-state index contributed by atoms with van der Waals surface area (Å²) in [6.45, 7) is 2.56. The van der Waals surface area contributed by atoms with Gasteiger partial charge in [0.1, 0.15) is 0 Å². The summed E-state index contributed by atoms with van der Waals surface area (Å²) in [6, 6.07) is 8.55. The summed E-state index contributed by atoms with van der Waals surface area (Å²) in [4.78, 5) is 14.3. The van der Waals surface area contributed by atoms with Crippen LogP contribution >= 0.6 is 11.6 Å². The SMILES string of the molecule is O=C(c1cc2n(n1)CCN(S(=O)(=O)Cc1ccc(Cl)cc1)C2)N1CCCC1. The lowest BCUT2D eigenvalue weighted by molar-refractivity contribution is 0.0786. The largest absolute Gasteiger partial charge is 0.337 e. The molecule has 1 aromatic carbocycles. The Balaban J connectivity index is 1.49. The van der Waals surface area contributed by atoms with E-state index >= 15 is 0 Å². The fourth-order valence-corrected chi connectivity index (χ4v) is 5.16. The highest BCUT2D eigenvalue weighted by molar-refractivity contribution is 7.88. The number of halogens is 1. The predicted molar refractivity (Wildman–Crippen MR) is 102 cm³/mol. The highest BCUT2D eigenvalue weighted by Crippen LogP contribution is 2.21. The van der Waals surface area contributed by atoms with Gasteiger partial charge in [0.2, 0.25) is 10.0 Å². The van der Waals surface area contributed by atoms with E-state index in [0.29, 0.717) is 29.4 Å². The number of amides is 1. The van der Waals surface area contributed by atoms with Gasteiger partial charge in [-0.05, 0) is 36.6 Å². The Labute approximate surface area is 163 Å². The fraction of sp³-hybridized carbons (Fsp3) is 0.444. The second kappa shape index (κ2) is 7.26. The van der Waals surface area contributed by atoms with Crippen molar-refractivity contribution in [1.29, 1.82) is 0 Å². The van der Waals surface area contributed by atoms with E-state index in [-0.39, 0.29) is 18.2 Å². The molecule has 4 rings (SSSR count). The molecule has 144 valence electrons. The maximum atomic E-state index is 12.8. The van der Waals surface area contributed by atoms with Gasteiger partial charge in [-0.1, -0.05) is 23.7 Å². The number of carbonyl (C=O) groups is 1. The molecule has 0 N–H and O–H groups in total. The first-order chi connectivity index (χ1) is 12.9. The van der Waals surface area contributed by atoms with Crippen molar-refractivity contribution in [1.82, 2.24) is 19.0 Å². The molecule has 1 amide bonds. The first-order valence-corrected chi connectivity index (χ1v) is 11.0. The van der Waals surface area contributed by atoms with Crippen molar-refractivity contribution in [2.45, 2.75) is 31.7 Å². The van der Waals surface area contributed by atoms with Crippen LogP contribution in [-0.4, -0.2) is 52.9 Å². The van der Waals surface area contributed by atoms with Crippen molar-refractivity contribution in [3.63, 3.8) is 0 Å². The molecule has 0 spiro atoms. The number of benzene rings is 1. The average Bonchev–Trinajstić information content (AvgIpc) is 3.32. The smallest absolute Gasteiger partial charge is 0.274 e. The summed E-state index contributed by atoms with van der Waals surface area (Å²) < 4.78 is 28.8. The van der Waals surface area contributed by atoms with Crippen LogP contribution in [0.3, 0.4) is 0 Å². The van der Waals surface area contributed by atoms with E-state index in [0.717, 1.165) is 31.6 Å². The molecule has 1 aromatic heterocycles. The Morgan fingerprint density at radius 1 is 1.07 bits per heavy atom. The molecule has 9 heteroatoms. The number of likely N-dealkylation sites (tertiary alicyclic amines) is 1. The molecule has 27 heavy (non-hydrogen) atoms. The van der Waals surface area contributed by atoms with Crippen molar-refractivity contribution in [2.24, 2.45) is 0 Å². The third-order valence-electron chi connectivity index (χ3n) is 5.03. The number of hydrogen-bond donors (Lipinski definition) is 0. The predicted octanol–water partition coefficient (Wildman–Crippen LogP) is 2.12. The van der Waals surface area contributed by atoms with Gasteiger partial charge in [0, 0.05) is 24.7 Å². The van der Waals surface area contributed by atoms with Crippen LogP contribution in [0.4, 0.5) is 0 Å². The van der Waals surface area contributed by atoms with Crippen LogP contribution in [0.5, 0.6) is 0 Å². The molecule has 2 aliphatic heterocycles. The Hall–Kier alpha value is -1.90. The highest BCUT2D eigenvalue weighted by atomic mass is 35.5. The summed E-state index contributed by atoms with van der Waals surface area (Å²) in [7, 11) is -3.46. The van der Waals surface area contributed by atoms with E-state index in [4.69, 9.17) is 11.6 Å². The number of nitrogens with zero attached hydrogens (tertiary/aromatic N) is 4. The standard InChI is InChI=1S/C18H21ClN4O3S/c19-15-5-3-14(4-6-15)13-27(25,26)22-9-10-23-16(12-22)11-17(20-23)18(24)21-7-1-2-8-21/h3-6,11H,1-2,7-10,12-13H2. The third kappa shape index (κ3) is 3.88. The zero-order valence-electron chi connectivity index (χ0n) is 14.8. The number of rotatable bonds is 4. The van der Waals surface area contributed by atoms with Gasteiger partial charge in [0.25, 0.3) is 5.91 Å². The Morgan fingerprint density at radius 2 is 1.78 bits per heavy atom. The topological polar surface area (TPSA) is 75.5 Å². The molecule has 0 unspecified atom stereocenters. The first-order valence-electron chi connectivity index (χ1n) is 9.01. The quantitative estimate of drug-likeness (QED) is 0.776. The van der Waals surface area contributed by atoms with Crippen LogP contribution in [0.1, 0.15) is 34.6 Å². The van der Waals surface area contributed by atoms with Crippen LogP contribution in [0.2, 0.25) is 5.02 Å². The second-order valence-electron chi connectivity index (χ2n) is 6.96. The highest BCUT2D eigenvalue weighted by Gasteiger charge is 2.30. The van der Waals surface area contributed by atoms with E-state index in [2.05, 4.69) is 5.10 Å². The van der Waals surface area contributed by atoms with Gasteiger partial charge in [-0.3, -0.25) is 9.48 Å². The minimum atomic E-state index is -3.46. The lowest BCUT2D eigenvalue weighted by atomic mass is 10.2. The van der Waals surface area contributed by atoms with E-state index in [1.54, 1.807) is 35.0 Å². The summed E-state index contributed by atoms with van der Waals surface area (Å²) in [6.07, 6.45) is 2.05. The minimum Gasteiger partial charge on any atom is -0.337 e. The molecule has 7 nitrogen and oxygen atoms in total. The number of hydrogen-bond acceptors (Lipinski definition) is 4. The zero-order chi connectivity index (χ0) is 19.0. The van der Waals surface area contributed by atoms with Crippen LogP contribution in [0.25, 0.3) is 0 Å². The molecule has 0 atom stereocenters.